The fraction of sp³-hybridized carbons (Fsp3) is 0.400. The molecule has 0 fully saturated rings. The minimum Gasteiger partial charge on any atom is -0.370 e. The lowest BCUT2D eigenvalue weighted by molar-refractivity contribution is 0.983. The first-order valence-electron chi connectivity index (χ1n) is 6.70. The first-order valence-corrected chi connectivity index (χ1v) is 6.70. The van der Waals surface area contributed by atoms with E-state index < -0.39 is 0 Å². The van der Waals surface area contributed by atoms with Crippen LogP contribution in [0.4, 0.5) is 5.82 Å². The van der Waals surface area contributed by atoms with Gasteiger partial charge in [-0.25, -0.2) is 9.97 Å². The van der Waals surface area contributed by atoms with Crippen LogP contribution in [-0.2, 0) is 6.42 Å². The molecule has 2 aromatic heterocycles. The first-order chi connectivity index (χ1) is 9.15. The molecule has 0 aromatic carbocycles. The summed E-state index contributed by atoms with van der Waals surface area (Å²) in [6.45, 7) is 9.09. The van der Waals surface area contributed by atoms with Crippen molar-refractivity contribution in [3.8, 4) is 11.5 Å². The molecule has 0 aliphatic rings. The average Bonchev–Trinajstić information content (AvgIpc) is 2.39. The van der Waals surface area contributed by atoms with Crippen LogP contribution in [-0.4, -0.2) is 21.5 Å². The molecule has 2 aromatic rings. The molecule has 0 spiro atoms. The molecule has 0 saturated carbocycles. The number of nitrogens with one attached hydrogen (secondary N) is 1. The standard InChI is InChI=1S/C15H20N4/c1-5-12-11(4)18-15(19-14(12)16-6-2)13-8-7-10(3)9-17-13/h7-9H,5-6H2,1-4H3,(H,16,18,19). The molecular formula is C15H20N4. The van der Waals surface area contributed by atoms with E-state index in [4.69, 9.17) is 0 Å². The van der Waals surface area contributed by atoms with Gasteiger partial charge >= 0.3 is 0 Å². The number of aromatic nitrogens is 3. The van der Waals surface area contributed by atoms with Crippen LogP contribution in [0.2, 0.25) is 0 Å². The smallest absolute Gasteiger partial charge is 0.180 e. The van der Waals surface area contributed by atoms with Crippen LogP contribution in [0.3, 0.4) is 0 Å². The number of hydrogen-bond donors (Lipinski definition) is 1. The molecule has 1 N–H and O–H groups in total. The molecule has 4 heteroatoms. The van der Waals surface area contributed by atoms with E-state index in [0.29, 0.717) is 5.82 Å². The second kappa shape index (κ2) is 5.78. The molecule has 0 aliphatic carbocycles. The molecule has 2 rings (SSSR count). The maximum atomic E-state index is 4.61. The third kappa shape index (κ3) is 2.89. The zero-order valence-electron chi connectivity index (χ0n) is 12.0. The Kier molecular flexibility index (Phi) is 4.10. The molecule has 4 nitrogen and oxygen atoms in total. The lowest BCUT2D eigenvalue weighted by atomic mass is 10.1. The van der Waals surface area contributed by atoms with Crippen LogP contribution in [0, 0.1) is 13.8 Å². The Balaban J connectivity index is 2.49. The van der Waals surface area contributed by atoms with Crippen molar-refractivity contribution in [1.29, 1.82) is 0 Å². The zero-order valence-corrected chi connectivity index (χ0v) is 12.0. The van der Waals surface area contributed by atoms with Gasteiger partial charge in [-0.15, -0.1) is 0 Å². The van der Waals surface area contributed by atoms with Crippen molar-refractivity contribution in [1.82, 2.24) is 15.0 Å². The predicted molar refractivity (Wildman–Crippen MR) is 78.3 cm³/mol. The summed E-state index contributed by atoms with van der Waals surface area (Å²) in [7, 11) is 0. The lowest BCUT2D eigenvalue weighted by Gasteiger charge is -2.12. The van der Waals surface area contributed by atoms with E-state index in [1.54, 1.807) is 0 Å². The fourth-order valence-electron chi connectivity index (χ4n) is 2.05. The SMILES string of the molecule is CCNc1nc(-c2ccc(C)cn2)nc(C)c1CC. The van der Waals surface area contributed by atoms with Gasteiger partial charge in [0.05, 0.1) is 0 Å². The lowest BCUT2D eigenvalue weighted by Crippen LogP contribution is -2.08. The Morgan fingerprint density at radius 3 is 2.47 bits per heavy atom. The van der Waals surface area contributed by atoms with E-state index in [1.165, 1.54) is 5.56 Å². The Bertz CT molecular complexity index is 561. The Morgan fingerprint density at radius 1 is 1.11 bits per heavy atom. The van der Waals surface area contributed by atoms with Crippen molar-refractivity contribution < 1.29 is 0 Å². The van der Waals surface area contributed by atoms with E-state index in [2.05, 4.69) is 34.1 Å². The molecule has 0 saturated heterocycles. The molecule has 0 bridgehead atoms. The summed E-state index contributed by atoms with van der Waals surface area (Å²) >= 11 is 0. The zero-order chi connectivity index (χ0) is 13.8. The van der Waals surface area contributed by atoms with Gasteiger partial charge in [0.15, 0.2) is 5.82 Å². The van der Waals surface area contributed by atoms with Crippen molar-refractivity contribution in [2.45, 2.75) is 34.1 Å². The predicted octanol–water partition coefficient (Wildman–Crippen LogP) is 3.15. The summed E-state index contributed by atoms with van der Waals surface area (Å²) in [5.41, 5.74) is 4.15. The summed E-state index contributed by atoms with van der Waals surface area (Å²) in [5.74, 6) is 1.61. The number of aryl methyl sites for hydroxylation is 2. The van der Waals surface area contributed by atoms with Gasteiger partial charge in [0.2, 0.25) is 0 Å². The highest BCUT2D eigenvalue weighted by atomic mass is 15.0. The molecule has 0 atom stereocenters. The number of nitrogens with zero attached hydrogens (tertiary/aromatic N) is 3. The first kappa shape index (κ1) is 13.5. The van der Waals surface area contributed by atoms with Crippen LogP contribution in [0.25, 0.3) is 11.5 Å². The Labute approximate surface area is 114 Å². The van der Waals surface area contributed by atoms with E-state index in [0.717, 1.165) is 35.7 Å². The van der Waals surface area contributed by atoms with Crippen LogP contribution < -0.4 is 5.32 Å². The second-order valence-electron chi connectivity index (χ2n) is 4.56. The third-order valence-corrected chi connectivity index (χ3v) is 3.05. The summed E-state index contributed by atoms with van der Waals surface area (Å²) < 4.78 is 0. The third-order valence-electron chi connectivity index (χ3n) is 3.05. The van der Waals surface area contributed by atoms with Gasteiger partial charge in [-0.05, 0) is 38.8 Å². The molecule has 100 valence electrons. The number of anilines is 1. The quantitative estimate of drug-likeness (QED) is 0.913. The van der Waals surface area contributed by atoms with Crippen molar-refractivity contribution in [2.24, 2.45) is 0 Å². The van der Waals surface area contributed by atoms with Crippen LogP contribution in [0.1, 0.15) is 30.7 Å². The summed E-state index contributed by atoms with van der Waals surface area (Å²) in [5, 5.41) is 3.31. The molecule has 0 aliphatic heterocycles. The Morgan fingerprint density at radius 2 is 1.89 bits per heavy atom. The molecule has 0 radical (unpaired) electrons. The maximum Gasteiger partial charge on any atom is 0.180 e. The molecule has 0 unspecified atom stereocenters. The monoisotopic (exact) mass is 256 g/mol. The minimum atomic E-state index is 0.686. The molecule has 2 heterocycles. The van der Waals surface area contributed by atoms with E-state index in [9.17, 15) is 0 Å². The van der Waals surface area contributed by atoms with Gasteiger partial charge in [-0.1, -0.05) is 13.0 Å². The number of pyridine rings is 1. The summed E-state index contributed by atoms with van der Waals surface area (Å²) in [4.78, 5) is 13.6. The van der Waals surface area contributed by atoms with E-state index in [-0.39, 0.29) is 0 Å². The second-order valence-corrected chi connectivity index (χ2v) is 4.56. The van der Waals surface area contributed by atoms with Gasteiger partial charge in [-0.3, -0.25) is 4.98 Å². The minimum absolute atomic E-state index is 0.686. The van der Waals surface area contributed by atoms with E-state index in [1.807, 2.05) is 32.2 Å². The van der Waals surface area contributed by atoms with Crippen molar-refractivity contribution in [2.75, 3.05) is 11.9 Å². The largest absolute Gasteiger partial charge is 0.370 e. The topological polar surface area (TPSA) is 50.7 Å². The molecule has 0 amide bonds. The van der Waals surface area contributed by atoms with Crippen LogP contribution in [0.15, 0.2) is 18.3 Å². The fourth-order valence-corrected chi connectivity index (χ4v) is 2.05. The summed E-state index contributed by atoms with van der Waals surface area (Å²) in [6.07, 6.45) is 2.77. The van der Waals surface area contributed by atoms with Crippen LogP contribution >= 0.6 is 0 Å². The Hall–Kier alpha value is -1.97. The molecular weight excluding hydrogens is 236 g/mol. The highest BCUT2D eigenvalue weighted by molar-refractivity contribution is 5.56. The van der Waals surface area contributed by atoms with Gasteiger partial charge in [0.1, 0.15) is 11.5 Å². The van der Waals surface area contributed by atoms with Crippen LogP contribution in [0.5, 0.6) is 0 Å². The van der Waals surface area contributed by atoms with Gasteiger partial charge in [0.25, 0.3) is 0 Å². The normalized spacial score (nSPS) is 10.5. The van der Waals surface area contributed by atoms with Crippen molar-refractivity contribution in [3.05, 3.63) is 35.2 Å². The molecule has 19 heavy (non-hydrogen) atoms. The summed E-state index contributed by atoms with van der Waals surface area (Å²) in [6, 6.07) is 3.99. The number of hydrogen-bond acceptors (Lipinski definition) is 4. The van der Waals surface area contributed by atoms with Gasteiger partial charge in [-0.2, -0.15) is 0 Å². The number of rotatable bonds is 4. The van der Waals surface area contributed by atoms with Gasteiger partial charge in [0, 0.05) is 24.0 Å². The maximum absolute atomic E-state index is 4.61. The van der Waals surface area contributed by atoms with Gasteiger partial charge < -0.3 is 5.32 Å². The van der Waals surface area contributed by atoms with Crippen molar-refractivity contribution in [3.63, 3.8) is 0 Å². The van der Waals surface area contributed by atoms with E-state index >= 15 is 0 Å². The highest BCUT2D eigenvalue weighted by Crippen LogP contribution is 2.21. The van der Waals surface area contributed by atoms with Crippen molar-refractivity contribution >= 4 is 5.82 Å². The highest BCUT2D eigenvalue weighted by Gasteiger charge is 2.11. The average molecular weight is 256 g/mol.